The Morgan fingerprint density at radius 3 is 2.77 bits per heavy atom. The first-order valence-electron chi connectivity index (χ1n) is 8.92. The van der Waals surface area contributed by atoms with E-state index in [1.165, 1.54) is 23.2 Å². The predicted molar refractivity (Wildman–Crippen MR) is 103 cm³/mol. The Morgan fingerprint density at radius 2 is 1.96 bits per heavy atom. The predicted octanol–water partition coefficient (Wildman–Crippen LogP) is 4.74. The molecule has 130 valence electrons. The molecule has 0 radical (unpaired) electrons. The topological polar surface area (TPSA) is 56.0 Å². The smallest absolute Gasteiger partial charge is 0.169 e. The van der Waals surface area contributed by atoms with Crippen molar-refractivity contribution in [2.45, 2.75) is 39.0 Å². The van der Waals surface area contributed by atoms with E-state index in [0.717, 1.165) is 45.9 Å². The molecule has 5 rings (SSSR count). The molecule has 5 nitrogen and oxygen atoms in total. The summed E-state index contributed by atoms with van der Waals surface area (Å²) in [6, 6.07) is 8.02. The van der Waals surface area contributed by atoms with Gasteiger partial charge in [0.25, 0.3) is 0 Å². The van der Waals surface area contributed by atoms with Gasteiger partial charge in [-0.05, 0) is 55.4 Å². The van der Waals surface area contributed by atoms with E-state index in [0.29, 0.717) is 5.92 Å². The van der Waals surface area contributed by atoms with E-state index in [9.17, 15) is 0 Å². The van der Waals surface area contributed by atoms with Gasteiger partial charge in [0.05, 0.1) is 5.39 Å². The molecule has 1 unspecified atom stereocenters. The third-order valence-corrected chi connectivity index (χ3v) is 5.48. The minimum Gasteiger partial charge on any atom is -0.232 e. The molecule has 3 aromatic heterocycles. The Balaban J connectivity index is 1.97. The highest BCUT2D eigenvalue weighted by Crippen LogP contribution is 2.41. The molecule has 1 aliphatic rings. The zero-order chi connectivity index (χ0) is 17.8. The van der Waals surface area contributed by atoms with Crippen molar-refractivity contribution in [1.29, 1.82) is 0 Å². The van der Waals surface area contributed by atoms with Gasteiger partial charge >= 0.3 is 0 Å². The van der Waals surface area contributed by atoms with Crippen LogP contribution in [0.1, 0.15) is 42.8 Å². The van der Waals surface area contributed by atoms with Gasteiger partial charge in [-0.25, -0.2) is 19.5 Å². The highest BCUT2D eigenvalue weighted by atomic mass is 35.5. The number of hydrogen-bond donors (Lipinski definition) is 0. The highest BCUT2D eigenvalue weighted by molar-refractivity contribution is 6.30. The minimum atomic E-state index is 0.437. The molecule has 0 amide bonds. The minimum absolute atomic E-state index is 0.437. The van der Waals surface area contributed by atoms with Crippen LogP contribution >= 0.6 is 11.6 Å². The first-order valence-corrected chi connectivity index (χ1v) is 9.30. The van der Waals surface area contributed by atoms with Crippen molar-refractivity contribution in [3.8, 4) is 11.1 Å². The summed E-state index contributed by atoms with van der Waals surface area (Å²) >= 11 is 6.13. The van der Waals surface area contributed by atoms with Gasteiger partial charge in [-0.3, -0.25) is 0 Å². The molecule has 6 heteroatoms. The third-order valence-electron chi connectivity index (χ3n) is 5.22. The summed E-state index contributed by atoms with van der Waals surface area (Å²) in [6.07, 6.45) is 5.06. The SMILES string of the molecule is Cc1nc2c3c(-c4ccc(Cl)cc4)c4c(nc3ncn2n1)C(C)CCC4. The summed E-state index contributed by atoms with van der Waals surface area (Å²) in [4.78, 5) is 14.2. The molecule has 4 aromatic rings. The quantitative estimate of drug-likeness (QED) is 0.490. The molecule has 0 N–H and O–H groups in total. The third kappa shape index (κ3) is 2.31. The average Bonchev–Trinajstić information content (AvgIpc) is 3.02. The molecule has 0 fully saturated rings. The van der Waals surface area contributed by atoms with Crippen molar-refractivity contribution in [1.82, 2.24) is 24.6 Å². The number of nitrogens with zero attached hydrogens (tertiary/aromatic N) is 5. The van der Waals surface area contributed by atoms with Gasteiger partial charge in [-0.2, -0.15) is 5.10 Å². The number of aromatic nitrogens is 5. The normalized spacial score (nSPS) is 17.0. The number of aryl methyl sites for hydroxylation is 1. The van der Waals surface area contributed by atoms with Gasteiger partial charge in [0.2, 0.25) is 0 Å². The molecular formula is C20H18ClN5. The monoisotopic (exact) mass is 363 g/mol. The Kier molecular flexibility index (Phi) is 3.47. The number of hydrogen-bond acceptors (Lipinski definition) is 4. The number of pyridine rings is 1. The van der Waals surface area contributed by atoms with Crippen molar-refractivity contribution in [3.63, 3.8) is 0 Å². The maximum atomic E-state index is 6.13. The van der Waals surface area contributed by atoms with Crippen molar-refractivity contribution >= 4 is 28.3 Å². The van der Waals surface area contributed by atoms with E-state index in [1.54, 1.807) is 10.8 Å². The van der Waals surface area contributed by atoms with E-state index >= 15 is 0 Å². The van der Waals surface area contributed by atoms with Crippen LogP contribution in [-0.4, -0.2) is 24.6 Å². The van der Waals surface area contributed by atoms with Crippen LogP contribution in [0.25, 0.3) is 27.8 Å². The second-order valence-electron chi connectivity index (χ2n) is 7.02. The second-order valence-corrected chi connectivity index (χ2v) is 7.46. The lowest BCUT2D eigenvalue weighted by atomic mass is 9.83. The number of benzene rings is 1. The summed E-state index contributed by atoms with van der Waals surface area (Å²) in [6.45, 7) is 4.15. The van der Waals surface area contributed by atoms with Crippen LogP contribution in [0.15, 0.2) is 30.6 Å². The maximum Gasteiger partial charge on any atom is 0.169 e. The molecule has 0 saturated carbocycles. The van der Waals surface area contributed by atoms with E-state index in [1.807, 2.05) is 19.1 Å². The summed E-state index contributed by atoms with van der Waals surface area (Å²) < 4.78 is 1.75. The van der Waals surface area contributed by atoms with Crippen LogP contribution in [-0.2, 0) is 6.42 Å². The largest absolute Gasteiger partial charge is 0.232 e. The van der Waals surface area contributed by atoms with E-state index in [2.05, 4.69) is 34.1 Å². The number of rotatable bonds is 1. The standard InChI is InChI=1S/C20H18ClN5/c1-11-4-3-5-15-16(13-6-8-14(21)9-7-13)17-19(24-18(11)15)22-10-26-20(17)23-12(2)25-26/h6-11H,3-5H2,1-2H3. The van der Waals surface area contributed by atoms with Crippen LogP contribution in [0.3, 0.4) is 0 Å². The first-order chi connectivity index (χ1) is 12.6. The second kappa shape index (κ2) is 5.74. The fourth-order valence-corrected chi connectivity index (χ4v) is 4.17. The van der Waals surface area contributed by atoms with Crippen LogP contribution in [0.4, 0.5) is 0 Å². The van der Waals surface area contributed by atoms with Crippen LogP contribution in [0.5, 0.6) is 0 Å². The molecular weight excluding hydrogens is 346 g/mol. The zero-order valence-electron chi connectivity index (χ0n) is 14.7. The van der Waals surface area contributed by atoms with Gasteiger partial charge in [0.1, 0.15) is 12.2 Å². The molecule has 3 heterocycles. The van der Waals surface area contributed by atoms with Gasteiger partial charge in [0, 0.05) is 16.3 Å². The van der Waals surface area contributed by atoms with Crippen molar-refractivity contribution < 1.29 is 0 Å². The molecule has 0 aliphatic heterocycles. The lowest BCUT2D eigenvalue weighted by Crippen LogP contribution is -2.12. The Morgan fingerprint density at radius 1 is 1.15 bits per heavy atom. The summed E-state index contributed by atoms with van der Waals surface area (Å²) in [5.41, 5.74) is 6.34. The molecule has 0 bridgehead atoms. The van der Waals surface area contributed by atoms with Crippen LogP contribution in [0.2, 0.25) is 5.02 Å². The molecule has 1 aromatic carbocycles. The fraction of sp³-hybridized carbons (Fsp3) is 0.300. The van der Waals surface area contributed by atoms with Gasteiger partial charge < -0.3 is 0 Å². The Bertz CT molecular complexity index is 1150. The number of halogens is 1. The lowest BCUT2D eigenvalue weighted by Gasteiger charge is -2.25. The van der Waals surface area contributed by atoms with Crippen LogP contribution < -0.4 is 0 Å². The Hall–Kier alpha value is -2.53. The average molecular weight is 364 g/mol. The maximum absolute atomic E-state index is 6.13. The molecule has 0 saturated heterocycles. The van der Waals surface area contributed by atoms with Gasteiger partial charge in [-0.1, -0.05) is 30.7 Å². The van der Waals surface area contributed by atoms with E-state index in [-0.39, 0.29) is 0 Å². The molecule has 26 heavy (non-hydrogen) atoms. The molecule has 1 aliphatic carbocycles. The van der Waals surface area contributed by atoms with Gasteiger partial charge in [0.15, 0.2) is 11.3 Å². The summed E-state index contributed by atoms with van der Waals surface area (Å²) in [7, 11) is 0. The zero-order valence-corrected chi connectivity index (χ0v) is 15.5. The van der Waals surface area contributed by atoms with E-state index in [4.69, 9.17) is 16.6 Å². The summed E-state index contributed by atoms with van der Waals surface area (Å²) in [5, 5.41) is 6.14. The van der Waals surface area contributed by atoms with Gasteiger partial charge in [-0.15, -0.1) is 0 Å². The molecule has 1 atom stereocenters. The van der Waals surface area contributed by atoms with Crippen LogP contribution in [0, 0.1) is 6.92 Å². The van der Waals surface area contributed by atoms with Crippen molar-refractivity contribution in [2.75, 3.05) is 0 Å². The van der Waals surface area contributed by atoms with Crippen molar-refractivity contribution in [2.24, 2.45) is 0 Å². The fourth-order valence-electron chi connectivity index (χ4n) is 4.04. The Labute approximate surface area is 156 Å². The highest BCUT2D eigenvalue weighted by Gasteiger charge is 2.26. The van der Waals surface area contributed by atoms with Crippen molar-refractivity contribution in [3.05, 3.63) is 52.7 Å². The number of fused-ring (bicyclic) bond motifs is 4. The summed E-state index contributed by atoms with van der Waals surface area (Å²) in [5.74, 6) is 1.17. The molecule has 0 spiro atoms. The first kappa shape index (κ1) is 15.7. The lowest BCUT2D eigenvalue weighted by molar-refractivity contribution is 0.576. The van der Waals surface area contributed by atoms with E-state index < -0.39 is 0 Å².